The number of hydrogen-bond donors (Lipinski definition) is 1. The molecule has 0 aliphatic carbocycles. The lowest BCUT2D eigenvalue weighted by Crippen LogP contribution is -2.26. The number of carbonyl (C=O) groups excluding carboxylic acids is 1. The van der Waals surface area contributed by atoms with Crippen molar-refractivity contribution in [2.75, 3.05) is 27.7 Å². The van der Waals surface area contributed by atoms with Gasteiger partial charge in [-0.25, -0.2) is 0 Å². The number of fused-ring (bicyclic) bond motifs is 1. The average Bonchev–Trinajstić information content (AvgIpc) is 2.50. The lowest BCUT2D eigenvalue weighted by atomic mass is 10.0. The molecule has 0 unspecified atom stereocenters. The number of carbonyl (C=O) groups is 1. The topological polar surface area (TPSA) is 41.6 Å². The van der Waals surface area contributed by atoms with Crippen molar-refractivity contribution in [3.8, 4) is 5.75 Å². The summed E-state index contributed by atoms with van der Waals surface area (Å²) in [7, 11) is 5.23. The van der Waals surface area contributed by atoms with E-state index in [2.05, 4.69) is 23.5 Å². The molecule has 0 fully saturated rings. The Morgan fingerprint density at radius 3 is 2.67 bits per heavy atom. The first-order valence-electron chi connectivity index (χ1n) is 7.09. The molecular weight excluding hydrogens is 264 g/mol. The van der Waals surface area contributed by atoms with E-state index in [4.69, 9.17) is 4.74 Å². The van der Waals surface area contributed by atoms with E-state index in [0.29, 0.717) is 19.5 Å². The maximum atomic E-state index is 11.6. The standard InChI is InChI=1S/C17H22N2O2/c1-19(2)17(20)10-11-18-12-15-14-7-5-4-6-13(14)8-9-16(15)21-3/h4-9,18H,10-12H2,1-3H3. The van der Waals surface area contributed by atoms with Crippen molar-refractivity contribution in [1.82, 2.24) is 10.2 Å². The van der Waals surface area contributed by atoms with E-state index in [1.165, 1.54) is 10.8 Å². The van der Waals surface area contributed by atoms with Gasteiger partial charge in [-0.05, 0) is 16.8 Å². The van der Waals surface area contributed by atoms with Crippen molar-refractivity contribution in [1.29, 1.82) is 0 Å². The van der Waals surface area contributed by atoms with Crippen molar-refractivity contribution in [2.24, 2.45) is 0 Å². The first-order chi connectivity index (χ1) is 10.1. The molecule has 21 heavy (non-hydrogen) atoms. The number of nitrogens with zero attached hydrogens (tertiary/aromatic N) is 1. The van der Waals surface area contributed by atoms with E-state index in [9.17, 15) is 4.79 Å². The SMILES string of the molecule is COc1ccc2ccccc2c1CNCCC(=O)N(C)C. The van der Waals surface area contributed by atoms with Crippen molar-refractivity contribution >= 4 is 16.7 Å². The summed E-state index contributed by atoms with van der Waals surface area (Å²) in [4.78, 5) is 13.2. The lowest BCUT2D eigenvalue weighted by molar-refractivity contribution is -0.128. The Bertz CT molecular complexity index is 623. The Hall–Kier alpha value is -2.07. The van der Waals surface area contributed by atoms with Gasteiger partial charge in [0.25, 0.3) is 0 Å². The summed E-state index contributed by atoms with van der Waals surface area (Å²) in [6, 6.07) is 12.3. The van der Waals surface area contributed by atoms with Crippen LogP contribution in [0, 0.1) is 0 Å². The van der Waals surface area contributed by atoms with Crippen LogP contribution in [0.5, 0.6) is 5.75 Å². The van der Waals surface area contributed by atoms with E-state index in [-0.39, 0.29) is 5.91 Å². The van der Waals surface area contributed by atoms with Gasteiger partial charge >= 0.3 is 0 Å². The number of nitrogens with one attached hydrogen (secondary N) is 1. The molecule has 0 saturated carbocycles. The van der Waals surface area contributed by atoms with Gasteiger partial charge in [0.05, 0.1) is 7.11 Å². The molecule has 1 N–H and O–H groups in total. The second-order valence-corrected chi connectivity index (χ2v) is 5.18. The van der Waals surface area contributed by atoms with Gasteiger partial charge in [-0.2, -0.15) is 0 Å². The molecule has 0 atom stereocenters. The van der Waals surface area contributed by atoms with Crippen LogP contribution in [0.4, 0.5) is 0 Å². The molecule has 0 spiro atoms. The van der Waals surface area contributed by atoms with E-state index < -0.39 is 0 Å². The number of amides is 1. The highest BCUT2D eigenvalue weighted by molar-refractivity contribution is 5.87. The maximum absolute atomic E-state index is 11.6. The van der Waals surface area contributed by atoms with Crippen molar-refractivity contribution in [3.05, 3.63) is 42.0 Å². The minimum atomic E-state index is 0.132. The Morgan fingerprint density at radius 2 is 1.95 bits per heavy atom. The summed E-state index contributed by atoms with van der Waals surface area (Å²) < 4.78 is 5.45. The van der Waals surface area contributed by atoms with Crippen molar-refractivity contribution < 1.29 is 9.53 Å². The molecule has 2 aromatic rings. The third-order valence-corrected chi connectivity index (χ3v) is 3.53. The number of ether oxygens (including phenoxy) is 1. The molecular formula is C17H22N2O2. The summed E-state index contributed by atoms with van der Waals surface area (Å²) in [5.41, 5.74) is 1.13. The predicted octanol–water partition coefficient (Wildman–Crippen LogP) is 2.42. The van der Waals surface area contributed by atoms with Gasteiger partial charge in [-0.1, -0.05) is 30.3 Å². The van der Waals surface area contributed by atoms with E-state index >= 15 is 0 Å². The zero-order valence-corrected chi connectivity index (χ0v) is 12.8. The van der Waals surface area contributed by atoms with Crippen molar-refractivity contribution in [2.45, 2.75) is 13.0 Å². The lowest BCUT2D eigenvalue weighted by Gasteiger charge is -2.14. The zero-order chi connectivity index (χ0) is 15.2. The molecule has 2 rings (SSSR count). The molecule has 0 heterocycles. The molecule has 0 aliphatic rings. The fourth-order valence-corrected chi connectivity index (χ4v) is 2.32. The molecule has 4 nitrogen and oxygen atoms in total. The first kappa shape index (κ1) is 15.3. The minimum absolute atomic E-state index is 0.132. The fraction of sp³-hybridized carbons (Fsp3) is 0.353. The van der Waals surface area contributed by atoms with Crippen LogP contribution in [0.1, 0.15) is 12.0 Å². The highest BCUT2D eigenvalue weighted by Crippen LogP contribution is 2.27. The first-order valence-corrected chi connectivity index (χ1v) is 7.09. The van der Waals surface area contributed by atoms with Crippen LogP contribution >= 0.6 is 0 Å². The van der Waals surface area contributed by atoms with Crippen LogP contribution in [0.25, 0.3) is 10.8 Å². The molecule has 0 bridgehead atoms. The highest BCUT2D eigenvalue weighted by Gasteiger charge is 2.08. The smallest absolute Gasteiger partial charge is 0.223 e. The molecule has 0 radical (unpaired) electrons. The van der Waals surface area contributed by atoms with Crippen LogP contribution in [-0.4, -0.2) is 38.6 Å². The zero-order valence-electron chi connectivity index (χ0n) is 12.8. The van der Waals surface area contributed by atoms with Gasteiger partial charge in [0.1, 0.15) is 5.75 Å². The van der Waals surface area contributed by atoms with E-state index in [1.807, 2.05) is 18.2 Å². The van der Waals surface area contributed by atoms with Crippen LogP contribution in [0.3, 0.4) is 0 Å². The van der Waals surface area contributed by atoms with Gasteiger partial charge in [0.2, 0.25) is 5.91 Å². The predicted molar refractivity (Wildman–Crippen MR) is 85.5 cm³/mol. The third kappa shape index (κ3) is 3.73. The summed E-state index contributed by atoms with van der Waals surface area (Å²) in [6.07, 6.45) is 0.500. The summed E-state index contributed by atoms with van der Waals surface area (Å²) >= 11 is 0. The van der Waals surface area contributed by atoms with Gasteiger partial charge in [0.15, 0.2) is 0 Å². The highest BCUT2D eigenvalue weighted by atomic mass is 16.5. The Kier molecular flexibility index (Phi) is 5.17. The van der Waals surface area contributed by atoms with Gasteiger partial charge < -0.3 is 15.0 Å². The summed E-state index contributed by atoms with van der Waals surface area (Å²) in [5, 5.41) is 5.70. The Labute approximate surface area is 125 Å². The van der Waals surface area contributed by atoms with Crippen molar-refractivity contribution in [3.63, 3.8) is 0 Å². The fourth-order valence-electron chi connectivity index (χ4n) is 2.32. The summed E-state index contributed by atoms with van der Waals surface area (Å²) in [6.45, 7) is 1.34. The van der Waals surface area contributed by atoms with Gasteiger partial charge in [0, 0.05) is 39.2 Å². The molecule has 0 aliphatic heterocycles. The number of rotatable bonds is 6. The van der Waals surface area contributed by atoms with Gasteiger partial charge in [-0.15, -0.1) is 0 Å². The molecule has 2 aromatic carbocycles. The average molecular weight is 286 g/mol. The summed E-state index contributed by atoms with van der Waals surface area (Å²) in [5.74, 6) is 1.01. The molecule has 4 heteroatoms. The number of benzene rings is 2. The van der Waals surface area contributed by atoms with E-state index in [0.717, 1.165) is 11.3 Å². The molecule has 112 valence electrons. The minimum Gasteiger partial charge on any atom is -0.496 e. The van der Waals surface area contributed by atoms with Crippen LogP contribution < -0.4 is 10.1 Å². The van der Waals surface area contributed by atoms with Crippen LogP contribution in [-0.2, 0) is 11.3 Å². The van der Waals surface area contributed by atoms with E-state index in [1.54, 1.807) is 26.1 Å². The Balaban J connectivity index is 2.08. The quantitative estimate of drug-likeness (QED) is 0.829. The van der Waals surface area contributed by atoms with Gasteiger partial charge in [-0.3, -0.25) is 4.79 Å². The third-order valence-electron chi connectivity index (χ3n) is 3.53. The van der Waals surface area contributed by atoms with Crippen LogP contribution in [0.2, 0.25) is 0 Å². The monoisotopic (exact) mass is 286 g/mol. The van der Waals surface area contributed by atoms with Crippen LogP contribution in [0.15, 0.2) is 36.4 Å². The number of methoxy groups -OCH3 is 1. The second kappa shape index (κ2) is 7.09. The number of hydrogen-bond acceptors (Lipinski definition) is 3. The molecule has 0 aromatic heterocycles. The largest absolute Gasteiger partial charge is 0.496 e. The normalized spacial score (nSPS) is 10.6. The molecule has 0 saturated heterocycles. The Morgan fingerprint density at radius 1 is 1.19 bits per heavy atom. The maximum Gasteiger partial charge on any atom is 0.223 e. The second-order valence-electron chi connectivity index (χ2n) is 5.18. The molecule has 1 amide bonds.